The van der Waals surface area contributed by atoms with Crippen LogP contribution in [0.25, 0.3) is 5.76 Å². The molecule has 2 aromatic rings. The van der Waals surface area contributed by atoms with Crippen molar-refractivity contribution in [3.63, 3.8) is 0 Å². The first kappa shape index (κ1) is 25.7. The molecule has 188 valence electrons. The van der Waals surface area contributed by atoms with Gasteiger partial charge in [0.1, 0.15) is 25.1 Å². The van der Waals surface area contributed by atoms with Gasteiger partial charge in [0.15, 0.2) is 23.0 Å². The first-order chi connectivity index (χ1) is 16.8. The van der Waals surface area contributed by atoms with Crippen LogP contribution in [0.2, 0.25) is 0 Å². The van der Waals surface area contributed by atoms with Crippen molar-refractivity contribution in [3.05, 3.63) is 53.1 Å². The van der Waals surface area contributed by atoms with Crippen LogP contribution in [0.15, 0.2) is 42.0 Å². The van der Waals surface area contributed by atoms with Crippen LogP contribution in [0, 0.1) is 5.92 Å². The van der Waals surface area contributed by atoms with Gasteiger partial charge in [-0.3, -0.25) is 9.59 Å². The molecule has 0 unspecified atom stereocenters. The van der Waals surface area contributed by atoms with E-state index < -0.39 is 24.0 Å². The highest BCUT2D eigenvalue weighted by Gasteiger charge is 2.40. The summed E-state index contributed by atoms with van der Waals surface area (Å²) in [6.07, 6.45) is -0.553. The van der Waals surface area contributed by atoms with Crippen molar-refractivity contribution in [1.29, 1.82) is 0 Å². The van der Waals surface area contributed by atoms with Crippen LogP contribution in [0.3, 0.4) is 0 Å². The van der Waals surface area contributed by atoms with E-state index in [-0.39, 0.29) is 13.2 Å². The van der Waals surface area contributed by atoms with E-state index in [4.69, 9.17) is 33.2 Å². The standard InChI is InChI=1S/C26H30O9/c1-15(27)33-13-19-20(14-34-16(2)28)26(18-8-10-22(30-4)24(12-18)32-6)35-25(19)17-7-9-21(29-3)23(11-17)31-5/h7-12,19,25H,13-14H2,1-6H3/t19-,25+/m1/s1. The van der Waals surface area contributed by atoms with E-state index in [2.05, 4.69) is 0 Å². The number of rotatable bonds is 10. The monoisotopic (exact) mass is 486 g/mol. The van der Waals surface area contributed by atoms with Crippen LogP contribution in [0.1, 0.15) is 31.1 Å². The fourth-order valence-electron chi connectivity index (χ4n) is 3.94. The van der Waals surface area contributed by atoms with Crippen molar-refractivity contribution in [2.45, 2.75) is 20.0 Å². The van der Waals surface area contributed by atoms with E-state index in [0.717, 1.165) is 5.56 Å². The number of carbonyl (C=O) groups excluding carboxylic acids is 2. The molecule has 35 heavy (non-hydrogen) atoms. The molecule has 0 aromatic heterocycles. The van der Waals surface area contributed by atoms with Crippen LogP contribution in [-0.2, 0) is 23.8 Å². The molecule has 2 atom stereocenters. The Labute approximate surface area is 204 Å². The Hall–Kier alpha value is -3.88. The summed E-state index contributed by atoms with van der Waals surface area (Å²) in [7, 11) is 6.20. The molecular formula is C26H30O9. The lowest BCUT2D eigenvalue weighted by Gasteiger charge is -2.22. The zero-order chi connectivity index (χ0) is 25.5. The number of hydrogen-bond donors (Lipinski definition) is 0. The van der Waals surface area contributed by atoms with Crippen molar-refractivity contribution in [1.82, 2.24) is 0 Å². The topological polar surface area (TPSA) is 98.8 Å². The SMILES string of the molecule is COc1ccc(C2=C(COC(C)=O)[C@@H](COC(C)=O)[C@H](c3ccc(OC)c(OC)c3)O2)cc1OC. The van der Waals surface area contributed by atoms with Crippen molar-refractivity contribution < 1.29 is 42.7 Å². The van der Waals surface area contributed by atoms with Crippen molar-refractivity contribution in [3.8, 4) is 23.0 Å². The molecule has 1 aliphatic rings. The Bertz CT molecular complexity index is 1110. The summed E-state index contributed by atoms with van der Waals surface area (Å²) in [4.78, 5) is 23.3. The lowest BCUT2D eigenvalue weighted by molar-refractivity contribution is -0.144. The largest absolute Gasteiger partial charge is 0.493 e. The van der Waals surface area contributed by atoms with Crippen LogP contribution < -0.4 is 18.9 Å². The molecule has 0 fully saturated rings. The van der Waals surface area contributed by atoms with Crippen LogP contribution >= 0.6 is 0 Å². The lowest BCUT2D eigenvalue weighted by Crippen LogP contribution is -2.21. The molecule has 1 aliphatic heterocycles. The van der Waals surface area contributed by atoms with Gasteiger partial charge >= 0.3 is 11.9 Å². The summed E-state index contributed by atoms with van der Waals surface area (Å²) in [6.45, 7) is 2.67. The van der Waals surface area contributed by atoms with E-state index in [0.29, 0.717) is 39.9 Å². The third kappa shape index (κ3) is 5.79. The second kappa shape index (κ2) is 11.5. The molecular weight excluding hydrogens is 456 g/mol. The van der Waals surface area contributed by atoms with Crippen molar-refractivity contribution in [2.24, 2.45) is 5.92 Å². The highest BCUT2D eigenvalue weighted by atomic mass is 16.5. The van der Waals surface area contributed by atoms with Gasteiger partial charge in [-0.15, -0.1) is 0 Å². The Morgan fingerprint density at radius 2 is 1.34 bits per heavy atom. The summed E-state index contributed by atoms with van der Waals surface area (Å²) >= 11 is 0. The van der Waals surface area contributed by atoms with E-state index in [1.165, 1.54) is 13.8 Å². The molecule has 0 N–H and O–H groups in total. The minimum atomic E-state index is -0.553. The Morgan fingerprint density at radius 1 is 0.771 bits per heavy atom. The third-order valence-corrected chi connectivity index (χ3v) is 5.63. The Balaban J connectivity index is 2.12. The summed E-state index contributed by atoms with van der Waals surface area (Å²) in [5.41, 5.74) is 2.14. The maximum absolute atomic E-state index is 11.7. The van der Waals surface area contributed by atoms with Gasteiger partial charge in [-0.1, -0.05) is 6.07 Å². The molecule has 0 spiro atoms. The van der Waals surface area contributed by atoms with E-state index >= 15 is 0 Å². The zero-order valence-electron chi connectivity index (χ0n) is 20.7. The fourth-order valence-corrected chi connectivity index (χ4v) is 3.94. The summed E-state index contributed by atoms with van der Waals surface area (Å²) < 4.78 is 38.8. The van der Waals surface area contributed by atoms with Crippen molar-refractivity contribution >= 4 is 17.7 Å². The maximum Gasteiger partial charge on any atom is 0.302 e. The van der Waals surface area contributed by atoms with E-state index in [1.54, 1.807) is 46.6 Å². The average molecular weight is 487 g/mol. The number of methoxy groups -OCH3 is 4. The van der Waals surface area contributed by atoms with E-state index in [9.17, 15) is 9.59 Å². The van der Waals surface area contributed by atoms with Gasteiger partial charge in [0.05, 0.1) is 34.4 Å². The predicted octanol–water partition coefficient (Wildman–Crippen LogP) is 3.95. The van der Waals surface area contributed by atoms with Crippen molar-refractivity contribution in [2.75, 3.05) is 41.7 Å². The van der Waals surface area contributed by atoms with E-state index in [1.807, 2.05) is 18.2 Å². The average Bonchev–Trinajstić information content (AvgIpc) is 3.23. The zero-order valence-corrected chi connectivity index (χ0v) is 20.7. The third-order valence-electron chi connectivity index (χ3n) is 5.63. The van der Waals surface area contributed by atoms with Gasteiger partial charge < -0.3 is 33.2 Å². The van der Waals surface area contributed by atoms with Gasteiger partial charge in [0.2, 0.25) is 0 Å². The summed E-state index contributed by atoms with van der Waals surface area (Å²) in [5, 5.41) is 0. The predicted molar refractivity (Wildman–Crippen MR) is 127 cm³/mol. The van der Waals surface area contributed by atoms with Gasteiger partial charge in [0, 0.05) is 25.0 Å². The van der Waals surface area contributed by atoms with Gasteiger partial charge in [-0.05, 0) is 35.9 Å². The normalized spacial score (nSPS) is 16.9. The molecule has 0 amide bonds. The van der Waals surface area contributed by atoms with Crippen LogP contribution in [-0.4, -0.2) is 53.6 Å². The number of carbonyl (C=O) groups is 2. The van der Waals surface area contributed by atoms with Gasteiger partial charge in [0.25, 0.3) is 0 Å². The first-order valence-electron chi connectivity index (χ1n) is 10.9. The molecule has 1 heterocycles. The molecule has 3 rings (SSSR count). The molecule has 9 nitrogen and oxygen atoms in total. The number of esters is 2. The van der Waals surface area contributed by atoms with Gasteiger partial charge in [-0.25, -0.2) is 0 Å². The highest BCUT2D eigenvalue weighted by molar-refractivity contribution is 5.71. The minimum Gasteiger partial charge on any atom is -0.493 e. The smallest absolute Gasteiger partial charge is 0.302 e. The second-order valence-electron chi connectivity index (χ2n) is 7.77. The Kier molecular flexibility index (Phi) is 8.46. The summed E-state index contributed by atoms with van der Waals surface area (Å²) in [6, 6.07) is 10.8. The molecule has 9 heteroatoms. The molecule has 0 radical (unpaired) electrons. The number of ether oxygens (including phenoxy) is 7. The summed E-state index contributed by atoms with van der Waals surface area (Å²) in [5.74, 6) is 1.37. The fraction of sp³-hybridized carbons (Fsp3) is 0.385. The first-order valence-corrected chi connectivity index (χ1v) is 10.9. The molecule has 0 saturated heterocycles. The molecule has 2 aromatic carbocycles. The van der Waals surface area contributed by atoms with Gasteiger partial charge in [-0.2, -0.15) is 0 Å². The quantitative estimate of drug-likeness (QED) is 0.462. The number of benzene rings is 2. The highest BCUT2D eigenvalue weighted by Crippen LogP contribution is 2.47. The minimum absolute atomic E-state index is 0.0295. The van der Waals surface area contributed by atoms with Crippen LogP contribution in [0.4, 0.5) is 0 Å². The molecule has 0 saturated carbocycles. The molecule has 0 bridgehead atoms. The maximum atomic E-state index is 11.7. The van der Waals surface area contributed by atoms with Crippen LogP contribution in [0.5, 0.6) is 23.0 Å². The molecule has 0 aliphatic carbocycles. The Morgan fingerprint density at radius 3 is 1.91 bits per heavy atom. The number of hydrogen-bond acceptors (Lipinski definition) is 9. The second-order valence-corrected chi connectivity index (χ2v) is 7.77. The lowest BCUT2D eigenvalue weighted by atomic mass is 9.90.